The van der Waals surface area contributed by atoms with Gasteiger partial charge in [0.25, 0.3) is 0 Å². The van der Waals surface area contributed by atoms with Crippen LogP contribution in [0.25, 0.3) is 0 Å². The lowest BCUT2D eigenvalue weighted by Gasteiger charge is -2.15. The molecule has 0 aliphatic carbocycles. The van der Waals surface area contributed by atoms with Crippen LogP contribution in [-0.2, 0) is 0 Å². The van der Waals surface area contributed by atoms with E-state index in [1.54, 1.807) is 0 Å². The van der Waals surface area contributed by atoms with Crippen molar-refractivity contribution < 1.29 is 0 Å². The summed E-state index contributed by atoms with van der Waals surface area (Å²) in [6.07, 6.45) is 7.87. The summed E-state index contributed by atoms with van der Waals surface area (Å²) in [6, 6.07) is 0. The molecule has 0 heterocycles. The lowest BCUT2D eigenvalue weighted by molar-refractivity contribution is 0.381. The molecule has 0 radical (unpaired) electrons. The van der Waals surface area contributed by atoms with Crippen LogP contribution in [0.3, 0.4) is 0 Å². The summed E-state index contributed by atoms with van der Waals surface area (Å²) in [4.78, 5) is 0. The topological polar surface area (TPSA) is 26.0 Å². The smallest absolute Gasteiger partial charge is 0.00426 e. The Bertz CT molecular complexity index is 109. The van der Waals surface area contributed by atoms with Gasteiger partial charge in [0.15, 0.2) is 0 Å². The molecule has 0 aromatic carbocycles. The predicted molar refractivity (Wildman–Crippen MR) is 51.5 cm³/mol. The van der Waals surface area contributed by atoms with Crippen LogP contribution in [0, 0.1) is 5.41 Å². The Hall–Kier alpha value is -0.300. The van der Waals surface area contributed by atoms with Gasteiger partial charge in [0.2, 0.25) is 0 Å². The van der Waals surface area contributed by atoms with Crippen LogP contribution in [0.15, 0.2) is 12.2 Å². The zero-order valence-corrected chi connectivity index (χ0v) is 8.06. The third-order valence-electron chi connectivity index (χ3n) is 1.56. The highest BCUT2D eigenvalue weighted by Crippen LogP contribution is 2.20. The minimum absolute atomic E-state index is 0.465. The molecule has 0 rings (SSSR count). The van der Waals surface area contributed by atoms with E-state index in [2.05, 4.69) is 32.9 Å². The van der Waals surface area contributed by atoms with E-state index in [-0.39, 0.29) is 0 Å². The van der Waals surface area contributed by atoms with E-state index in [9.17, 15) is 0 Å². The molecule has 0 spiro atoms. The van der Waals surface area contributed by atoms with Crippen LogP contribution in [-0.4, -0.2) is 6.54 Å². The molecule has 0 saturated heterocycles. The van der Waals surface area contributed by atoms with E-state index in [1.807, 2.05) is 0 Å². The van der Waals surface area contributed by atoms with Gasteiger partial charge >= 0.3 is 0 Å². The number of rotatable bonds is 4. The van der Waals surface area contributed by atoms with E-state index in [0.29, 0.717) is 5.41 Å². The van der Waals surface area contributed by atoms with Gasteiger partial charge in [-0.25, -0.2) is 0 Å². The first-order valence-electron chi connectivity index (χ1n) is 4.41. The van der Waals surface area contributed by atoms with Gasteiger partial charge in [-0.3, -0.25) is 0 Å². The van der Waals surface area contributed by atoms with Crippen LogP contribution in [0.4, 0.5) is 0 Å². The van der Waals surface area contributed by atoms with Crippen LogP contribution < -0.4 is 5.73 Å². The maximum Gasteiger partial charge on any atom is -0.00426 e. The second kappa shape index (κ2) is 5.36. The Labute approximate surface area is 70.7 Å². The Morgan fingerprint density at radius 1 is 1.09 bits per heavy atom. The normalized spacial score (nSPS) is 12.7. The first-order valence-corrected chi connectivity index (χ1v) is 4.41. The fourth-order valence-electron chi connectivity index (χ4n) is 0.848. The Balaban J connectivity index is 3.27. The van der Waals surface area contributed by atoms with Gasteiger partial charge in [-0.15, -0.1) is 0 Å². The van der Waals surface area contributed by atoms with Crippen molar-refractivity contribution in [2.45, 2.75) is 40.0 Å². The number of allylic oxidation sites excluding steroid dienone is 1. The highest BCUT2D eigenvalue weighted by atomic mass is 14.5. The third-order valence-corrected chi connectivity index (χ3v) is 1.56. The lowest BCUT2D eigenvalue weighted by atomic mass is 9.90. The van der Waals surface area contributed by atoms with Gasteiger partial charge in [-0.2, -0.15) is 0 Å². The molecule has 0 aliphatic heterocycles. The van der Waals surface area contributed by atoms with Gasteiger partial charge in [0, 0.05) is 0 Å². The van der Waals surface area contributed by atoms with Crippen LogP contribution in [0.5, 0.6) is 0 Å². The maximum absolute atomic E-state index is 5.35. The number of nitrogens with two attached hydrogens (primary N) is 1. The van der Waals surface area contributed by atoms with Crippen molar-refractivity contribution in [3.63, 3.8) is 0 Å². The van der Waals surface area contributed by atoms with Crippen molar-refractivity contribution in [3.8, 4) is 0 Å². The van der Waals surface area contributed by atoms with Crippen molar-refractivity contribution in [2.24, 2.45) is 11.1 Å². The molecule has 0 amide bonds. The van der Waals surface area contributed by atoms with Crippen molar-refractivity contribution in [3.05, 3.63) is 12.2 Å². The van der Waals surface area contributed by atoms with Gasteiger partial charge in [0.1, 0.15) is 0 Å². The molecular weight excluding hydrogens is 134 g/mol. The molecule has 0 atom stereocenters. The zero-order chi connectivity index (χ0) is 8.74. The Morgan fingerprint density at radius 2 is 1.64 bits per heavy atom. The first-order chi connectivity index (χ1) is 5.06. The van der Waals surface area contributed by atoms with E-state index in [1.165, 1.54) is 12.8 Å². The van der Waals surface area contributed by atoms with E-state index >= 15 is 0 Å². The minimum Gasteiger partial charge on any atom is -0.330 e. The molecule has 0 aliphatic rings. The monoisotopic (exact) mass is 155 g/mol. The highest BCUT2D eigenvalue weighted by molar-refractivity contribution is 4.83. The summed E-state index contributed by atoms with van der Waals surface area (Å²) in [7, 11) is 0. The van der Waals surface area contributed by atoms with Crippen LogP contribution >= 0.6 is 0 Å². The number of hydrogen-bond acceptors (Lipinski definition) is 1. The predicted octanol–water partition coefficient (Wildman–Crippen LogP) is 2.72. The van der Waals surface area contributed by atoms with E-state index in [0.717, 1.165) is 13.0 Å². The average Bonchev–Trinajstić information content (AvgIpc) is 1.85. The van der Waals surface area contributed by atoms with Crippen molar-refractivity contribution in [2.75, 3.05) is 6.54 Å². The van der Waals surface area contributed by atoms with E-state index < -0.39 is 0 Å². The molecule has 0 unspecified atom stereocenters. The zero-order valence-electron chi connectivity index (χ0n) is 8.06. The molecule has 0 saturated carbocycles. The van der Waals surface area contributed by atoms with Gasteiger partial charge < -0.3 is 5.73 Å². The fraction of sp³-hybridized carbons (Fsp3) is 0.800. The Kier molecular flexibility index (Phi) is 5.22. The molecule has 11 heavy (non-hydrogen) atoms. The lowest BCUT2D eigenvalue weighted by Crippen LogP contribution is -2.03. The summed E-state index contributed by atoms with van der Waals surface area (Å²) >= 11 is 0. The van der Waals surface area contributed by atoms with Crippen LogP contribution in [0.2, 0.25) is 0 Å². The van der Waals surface area contributed by atoms with Crippen molar-refractivity contribution >= 4 is 0 Å². The van der Waals surface area contributed by atoms with Crippen LogP contribution in [0.1, 0.15) is 40.0 Å². The van der Waals surface area contributed by atoms with E-state index in [4.69, 9.17) is 5.73 Å². The molecular formula is C10H21N. The number of hydrogen-bond donors (Lipinski definition) is 1. The second-order valence-corrected chi connectivity index (χ2v) is 4.15. The van der Waals surface area contributed by atoms with Gasteiger partial charge in [-0.1, -0.05) is 32.9 Å². The molecule has 0 aromatic rings. The van der Waals surface area contributed by atoms with Gasteiger partial charge in [-0.05, 0) is 31.2 Å². The summed E-state index contributed by atoms with van der Waals surface area (Å²) in [5.74, 6) is 0. The third kappa shape index (κ3) is 9.70. The van der Waals surface area contributed by atoms with Crippen molar-refractivity contribution in [1.82, 2.24) is 0 Å². The summed E-state index contributed by atoms with van der Waals surface area (Å²) in [5, 5.41) is 0. The molecule has 66 valence electrons. The summed E-state index contributed by atoms with van der Waals surface area (Å²) in [5.41, 5.74) is 5.81. The molecule has 0 aromatic heterocycles. The van der Waals surface area contributed by atoms with Gasteiger partial charge in [0.05, 0.1) is 0 Å². The van der Waals surface area contributed by atoms with Crippen molar-refractivity contribution in [1.29, 1.82) is 0 Å². The summed E-state index contributed by atoms with van der Waals surface area (Å²) in [6.45, 7) is 7.57. The average molecular weight is 155 g/mol. The quantitative estimate of drug-likeness (QED) is 0.621. The molecule has 0 fully saturated rings. The maximum atomic E-state index is 5.35. The molecule has 1 heteroatoms. The molecule has 2 N–H and O–H groups in total. The summed E-state index contributed by atoms with van der Waals surface area (Å²) < 4.78 is 0. The standard InChI is InChI=1S/C10H21N/c1-10(2,3)8-6-4-5-7-9-11/h4-5H,6-9,11H2,1-3H3. The minimum atomic E-state index is 0.465. The molecule has 0 bridgehead atoms. The SMILES string of the molecule is CC(C)(C)CCC=CCCN. The molecule has 1 nitrogen and oxygen atoms in total. The first kappa shape index (κ1) is 10.7. The second-order valence-electron chi connectivity index (χ2n) is 4.15. The Morgan fingerprint density at radius 3 is 2.09 bits per heavy atom. The highest BCUT2D eigenvalue weighted by Gasteiger charge is 2.07. The largest absolute Gasteiger partial charge is 0.330 e. The fourth-order valence-corrected chi connectivity index (χ4v) is 0.848.